The Kier molecular flexibility index (Phi) is 3.24. The molecule has 0 saturated heterocycles. The van der Waals surface area contributed by atoms with Crippen LogP contribution in [0.4, 0.5) is 0 Å². The minimum atomic E-state index is -0.0540. The maximum absolute atomic E-state index is 9.41. The van der Waals surface area contributed by atoms with Crippen LogP contribution in [-0.4, -0.2) is 11.2 Å². The van der Waals surface area contributed by atoms with Crippen LogP contribution in [0.15, 0.2) is 28.7 Å². The van der Waals surface area contributed by atoms with E-state index in [1.807, 2.05) is 0 Å². The van der Waals surface area contributed by atoms with Gasteiger partial charge in [-0.1, -0.05) is 28.1 Å². The van der Waals surface area contributed by atoms with Gasteiger partial charge in [-0.2, -0.15) is 0 Å². The van der Waals surface area contributed by atoms with E-state index >= 15 is 0 Å². The number of hydrogen-bond donors (Lipinski definition) is 1. The molecule has 0 aliphatic heterocycles. The highest BCUT2D eigenvalue weighted by Crippen LogP contribution is 2.33. The standard InChI is InChI=1S/C12H15BrO/c13-11-5-1-9(2-6-11)10-3-7-12(14)8-4-10/h1-2,5-6,10,12,14H,3-4,7-8H2/t10-,12+. The van der Waals surface area contributed by atoms with Crippen molar-refractivity contribution in [3.63, 3.8) is 0 Å². The average molecular weight is 255 g/mol. The topological polar surface area (TPSA) is 20.2 Å². The van der Waals surface area contributed by atoms with Crippen molar-refractivity contribution >= 4 is 15.9 Å². The molecule has 1 aliphatic carbocycles. The molecular weight excluding hydrogens is 240 g/mol. The highest BCUT2D eigenvalue weighted by atomic mass is 79.9. The van der Waals surface area contributed by atoms with Gasteiger partial charge in [0.25, 0.3) is 0 Å². The smallest absolute Gasteiger partial charge is 0.0540 e. The Labute approximate surface area is 93.3 Å². The first kappa shape index (κ1) is 10.2. The molecule has 1 fully saturated rings. The van der Waals surface area contributed by atoms with Gasteiger partial charge in [0.15, 0.2) is 0 Å². The van der Waals surface area contributed by atoms with Gasteiger partial charge in [-0.25, -0.2) is 0 Å². The fraction of sp³-hybridized carbons (Fsp3) is 0.500. The first-order valence-electron chi connectivity index (χ1n) is 5.19. The Morgan fingerprint density at radius 1 is 1.00 bits per heavy atom. The highest BCUT2D eigenvalue weighted by molar-refractivity contribution is 9.10. The minimum absolute atomic E-state index is 0.0540. The van der Waals surface area contributed by atoms with Crippen molar-refractivity contribution in [2.75, 3.05) is 0 Å². The second-order valence-electron chi connectivity index (χ2n) is 4.06. The zero-order chi connectivity index (χ0) is 9.97. The summed E-state index contributed by atoms with van der Waals surface area (Å²) < 4.78 is 1.14. The summed E-state index contributed by atoms with van der Waals surface area (Å²) in [6, 6.07) is 8.57. The molecule has 0 radical (unpaired) electrons. The molecule has 1 aromatic carbocycles. The number of halogens is 1. The van der Waals surface area contributed by atoms with Gasteiger partial charge in [0.1, 0.15) is 0 Å². The molecule has 2 heteroatoms. The SMILES string of the molecule is O[C@H]1CC[C@@H](c2ccc(Br)cc2)CC1. The van der Waals surface area contributed by atoms with E-state index in [9.17, 15) is 5.11 Å². The second kappa shape index (κ2) is 4.45. The normalized spacial score (nSPS) is 27.6. The van der Waals surface area contributed by atoms with Crippen LogP contribution in [0.5, 0.6) is 0 Å². The molecule has 1 N–H and O–H groups in total. The van der Waals surface area contributed by atoms with E-state index in [2.05, 4.69) is 40.2 Å². The molecule has 0 aromatic heterocycles. The van der Waals surface area contributed by atoms with Gasteiger partial charge in [0.2, 0.25) is 0 Å². The molecule has 0 heterocycles. The van der Waals surface area contributed by atoms with Crippen molar-refractivity contribution in [2.45, 2.75) is 37.7 Å². The van der Waals surface area contributed by atoms with Crippen LogP contribution in [-0.2, 0) is 0 Å². The van der Waals surface area contributed by atoms with Gasteiger partial charge in [-0.3, -0.25) is 0 Å². The Bertz CT molecular complexity index is 286. The molecule has 2 rings (SSSR count). The largest absolute Gasteiger partial charge is 0.393 e. The summed E-state index contributed by atoms with van der Waals surface area (Å²) in [5.41, 5.74) is 1.42. The van der Waals surface area contributed by atoms with Crippen molar-refractivity contribution in [2.24, 2.45) is 0 Å². The summed E-state index contributed by atoms with van der Waals surface area (Å²) in [6.07, 6.45) is 4.12. The number of benzene rings is 1. The van der Waals surface area contributed by atoms with E-state index in [4.69, 9.17) is 0 Å². The average Bonchev–Trinajstić information content (AvgIpc) is 2.21. The minimum Gasteiger partial charge on any atom is -0.393 e. The summed E-state index contributed by atoms with van der Waals surface area (Å²) in [5, 5.41) is 9.41. The van der Waals surface area contributed by atoms with Gasteiger partial charge in [-0.15, -0.1) is 0 Å². The van der Waals surface area contributed by atoms with Crippen LogP contribution < -0.4 is 0 Å². The lowest BCUT2D eigenvalue weighted by Gasteiger charge is -2.25. The Hall–Kier alpha value is -0.340. The lowest BCUT2D eigenvalue weighted by molar-refractivity contribution is 0.122. The summed E-state index contributed by atoms with van der Waals surface area (Å²) in [4.78, 5) is 0. The first-order valence-corrected chi connectivity index (χ1v) is 5.98. The molecule has 1 saturated carbocycles. The Balaban J connectivity index is 2.05. The molecule has 1 nitrogen and oxygen atoms in total. The summed E-state index contributed by atoms with van der Waals surface area (Å²) >= 11 is 3.44. The zero-order valence-corrected chi connectivity index (χ0v) is 9.70. The highest BCUT2D eigenvalue weighted by Gasteiger charge is 2.20. The molecule has 0 spiro atoms. The van der Waals surface area contributed by atoms with Gasteiger partial charge in [0, 0.05) is 4.47 Å². The van der Waals surface area contributed by atoms with Crippen LogP contribution in [0, 0.1) is 0 Å². The van der Waals surface area contributed by atoms with Crippen LogP contribution in [0.25, 0.3) is 0 Å². The van der Waals surface area contributed by atoms with Crippen LogP contribution in [0.3, 0.4) is 0 Å². The van der Waals surface area contributed by atoms with Crippen LogP contribution in [0.1, 0.15) is 37.2 Å². The van der Waals surface area contributed by atoms with Crippen molar-refractivity contribution in [1.82, 2.24) is 0 Å². The molecule has 14 heavy (non-hydrogen) atoms. The van der Waals surface area contributed by atoms with Gasteiger partial charge in [-0.05, 0) is 49.3 Å². The van der Waals surface area contributed by atoms with Crippen molar-refractivity contribution in [1.29, 1.82) is 0 Å². The summed E-state index contributed by atoms with van der Waals surface area (Å²) in [6.45, 7) is 0. The lowest BCUT2D eigenvalue weighted by Crippen LogP contribution is -2.16. The fourth-order valence-electron chi connectivity index (χ4n) is 2.14. The third-order valence-corrected chi connectivity index (χ3v) is 3.57. The molecule has 0 atom stereocenters. The van der Waals surface area contributed by atoms with Gasteiger partial charge < -0.3 is 5.11 Å². The Morgan fingerprint density at radius 2 is 1.57 bits per heavy atom. The molecule has 0 amide bonds. The number of aliphatic hydroxyl groups excluding tert-OH is 1. The maximum Gasteiger partial charge on any atom is 0.0540 e. The number of aliphatic hydroxyl groups is 1. The van der Waals surface area contributed by atoms with E-state index in [-0.39, 0.29) is 6.10 Å². The zero-order valence-electron chi connectivity index (χ0n) is 8.12. The van der Waals surface area contributed by atoms with Crippen LogP contribution >= 0.6 is 15.9 Å². The van der Waals surface area contributed by atoms with Gasteiger partial charge in [0.05, 0.1) is 6.10 Å². The van der Waals surface area contributed by atoms with E-state index in [1.165, 1.54) is 5.56 Å². The predicted molar refractivity (Wildman–Crippen MR) is 61.4 cm³/mol. The molecule has 0 unspecified atom stereocenters. The van der Waals surface area contributed by atoms with E-state index in [1.54, 1.807) is 0 Å². The van der Waals surface area contributed by atoms with E-state index < -0.39 is 0 Å². The molecule has 76 valence electrons. The number of hydrogen-bond acceptors (Lipinski definition) is 1. The molecular formula is C12H15BrO. The third kappa shape index (κ3) is 2.37. The third-order valence-electron chi connectivity index (χ3n) is 3.04. The maximum atomic E-state index is 9.41. The number of rotatable bonds is 1. The lowest BCUT2D eigenvalue weighted by atomic mass is 9.83. The molecule has 0 bridgehead atoms. The van der Waals surface area contributed by atoms with Crippen molar-refractivity contribution < 1.29 is 5.11 Å². The monoisotopic (exact) mass is 254 g/mol. The second-order valence-corrected chi connectivity index (χ2v) is 4.97. The fourth-order valence-corrected chi connectivity index (χ4v) is 2.41. The van der Waals surface area contributed by atoms with E-state index in [0.29, 0.717) is 5.92 Å². The van der Waals surface area contributed by atoms with Crippen molar-refractivity contribution in [3.05, 3.63) is 34.3 Å². The predicted octanol–water partition coefficient (Wildman–Crippen LogP) is 3.47. The van der Waals surface area contributed by atoms with E-state index in [0.717, 1.165) is 30.2 Å². The summed E-state index contributed by atoms with van der Waals surface area (Å²) in [5.74, 6) is 0.659. The molecule has 1 aliphatic rings. The summed E-state index contributed by atoms with van der Waals surface area (Å²) in [7, 11) is 0. The van der Waals surface area contributed by atoms with Crippen LogP contribution in [0.2, 0.25) is 0 Å². The quantitative estimate of drug-likeness (QED) is 0.814. The Morgan fingerprint density at radius 3 is 2.14 bits per heavy atom. The first-order chi connectivity index (χ1) is 6.75. The van der Waals surface area contributed by atoms with Gasteiger partial charge >= 0.3 is 0 Å². The van der Waals surface area contributed by atoms with Crippen molar-refractivity contribution in [3.8, 4) is 0 Å². The molecule has 1 aromatic rings.